The predicted octanol–water partition coefficient (Wildman–Crippen LogP) is 1.33. The fraction of sp³-hybridized carbons (Fsp3) is 0.857. The average molecular weight is 287 g/mol. The lowest BCUT2D eigenvalue weighted by atomic mass is 9.98. The summed E-state index contributed by atoms with van der Waals surface area (Å²) in [6.07, 6.45) is 3.00. The SMILES string of the molecule is CC(C)(CCC(=O)O)NC(=O)CCOCC1CCCO1. The Kier molecular flexibility index (Phi) is 6.95. The summed E-state index contributed by atoms with van der Waals surface area (Å²) in [5, 5.41) is 11.5. The van der Waals surface area contributed by atoms with Crippen LogP contribution in [0.25, 0.3) is 0 Å². The number of aliphatic carboxylic acids is 1. The summed E-state index contributed by atoms with van der Waals surface area (Å²) in [6, 6.07) is 0. The van der Waals surface area contributed by atoms with Gasteiger partial charge in [-0.05, 0) is 33.1 Å². The quantitative estimate of drug-likeness (QED) is 0.625. The van der Waals surface area contributed by atoms with E-state index >= 15 is 0 Å². The minimum Gasteiger partial charge on any atom is -0.481 e. The molecular weight excluding hydrogens is 262 g/mol. The summed E-state index contributed by atoms with van der Waals surface area (Å²) in [5.41, 5.74) is -0.510. The Bertz CT molecular complexity index is 324. The third-order valence-electron chi connectivity index (χ3n) is 3.24. The predicted molar refractivity (Wildman–Crippen MR) is 73.5 cm³/mol. The van der Waals surface area contributed by atoms with Crippen molar-refractivity contribution in [3.8, 4) is 0 Å². The van der Waals surface area contributed by atoms with Crippen LogP contribution < -0.4 is 5.32 Å². The third kappa shape index (κ3) is 7.45. The normalized spacial score (nSPS) is 19.0. The molecule has 116 valence electrons. The Morgan fingerprint density at radius 3 is 2.75 bits per heavy atom. The van der Waals surface area contributed by atoms with Crippen molar-refractivity contribution in [3.63, 3.8) is 0 Å². The zero-order valence-corrected chi connectivity index (χ0v) is 12.3. The number of carboxylic acid groups (broad SMARTS) is 1. The van der Waals surface area contributed by atoms with E-state index in [1.54, 1.807) is 0 Å². The first kappa shape index (κ1) is 16.9. The van der Waals surface area contributed by atoms with Crippen LogP contribution in [-0.4, -0.2) is 48.4 Å². The van der Waals surface area contributed by atoms with Crippen LogP contribution in [0.4, 0.5) is 0 Å². The minimum absolute atomic E-state index is 0.0444. The van der Waals surface area contributed by atoms with Crippen LogP contribution in [0.2, 0.25) is 0 Å². The van der Waals surface area contributed by atoms with E-state index in [2.05, 4.69) is 5.32 Å². The summed E-state index contributed by atoms with van der Waals surface area (Å²) in [6.45, 7) is 5.34. The van der Waals surface area contributed by atoms with Crippen LogP contribution in [0.5, 0.6) is 0 Å². The van der Waals surface area contributed by atoms with Gasteiger partial charge in [0.1, 0.15) is 0 Å². The van der Waals surface area contributed by atoms with Crippen LogP contribution in [0.15, 0.2) is 0 Å². The molecule has 1 amide bonds. The van der Waals surface area contributed by atoms with Gasteiger partial charge in [0.05, 0.1) is 19.3 Å². The molecule has 1 fully saturated rings. The van der Waals surface area contributed by atoms with E-state index < -0.39 is 11.5 Å². The molecule has 0 spiro atoms. The van der Waals surface area contributed by atoms with Crippen LogP contribution >= 0.6 is 0 Å². The van der Waals surface area contributed by atoms with Crippen molar-refractivity contribution in [2.45, 2.75) is 57.6 Å². The van der Waals surface area contributed by atoms with Gasteiger partial charge in [-0.2, -0.15) is 0 Å². The maximum atomic E-state index is 11.7. The number of carbonyl (C=O) groups excluding carboxylic acids is 1. The highest BCUT2D eigenvalue weighted by molar-refractivity contribution is 5.77. The van der Waals surface area contributed by atoms with Crippen molar-refractivity contribution >= 4 is 11.9 Å². The molecule has 1 saturated heterocycles. The molecule has 1 unspecified atom stereocenters. The maximum Gasteiger partial charge on any atom is 0.303 e. The maximum absolute atomic E-state index is 11.7. The van der Waals surface area contributed by atoms with E-state index in [0.29, 0.717) is 19.6 Å². The monoisotopic (exact) mass is 287 g/mol. The van der Waals surface area contributed by atoms with E-state index in [4.69, 9.17) is 14.6 Å². The summed E-state index contributed by atoms with van der Waals surface area (Å²) in [7, 11) is 0. The second-order valence-electron chi connectivity index (χ2n) is 5.79. The molecule has 6 nitrogen and oxygen atoms in total. The summed E-state index contributed by atoms with van der Waals surface area (Å²) in [5.74, 6) is -0.972. The lowest BCUT2D eigenvalue weighted by Gasteiger charge is -2.25. The smallest absolute Gasteiger partial charge is 0.303 e. The molecule has 0 saturated carbocycles. The lowest BCUT2D eigenvalue weighted by Crippen LogP contribution is -2.44. The molecular formula is C14H25NO5. The Balaban J connectivity index is 2.10. The van der Waals surface area contributed by atoms with E-state index in [1.165, 1.54) is 0 Å². The molecule has 0 radical (unpaired) electrons. The van der Waals surface area contributed by atoms with Crippen LogP contribution in [-0.2, 0) is 19.1 Å². The van der Waals surface area contributed by atoms with Gasteiger partial charge >= 0.3 is 5.97 Å². The van der Waals surface area contributed by atoms with Gasteiger partial charge in [-0.25, -0.2) is 0 Å². The molecule has 2 N–H and O–H groups in total. The number of hydrogen-bond acceptors (Lipinski definition) is 4. The molecule has 0 aromatic rings. The molecule has 0 aromatic carbocycles. The highest BCUT2D eigenvalue weighted by atomic mass is 16.5. The van der Waals surface area contributed by atoms with Crippen molar-refractivity contribution in [1.29, 1.82) is 0 Å². The Morgan fingerprint density at radius 2 is 2.15 bits per heavy atom. The van der Waals surface area contributed by atoms with Gasteiger partial charge in [0.25, 0.3) is 0 Å². The Morgan fingerprint density at radius 1 is 1.40 bits per heavy atom. The van der Waals surface area contributed by atoms with Gasteiger partial charge in [0.2, 0.25) is 5.91 Å². The molecule has 1 heterocycles. The lowest BCUT2D eigenvalue weighted by molar-refractivity contribution is -0.138. The second kappa shape index (κ2) is 8.21. The zero-order valence-electron chi connectivity index (χ0n) is 12.3. The molecule has 6 heteroatoms. The number of rotatable bonds is 9. The van der Waals surface area contributed by atoms with Gasteiger partial charge < -0.3 is 19.9 Å². The summed E-state index contributed by atoms with van der Waals surface area (Å²) >= 11 is 0. The minimum atomic E-state index is -0.854. The Labute approximate surface area is 119 Å². The average Bonchev–Trinajstić information content (AvgIpc) is 2.85. The largest absolute Gasteiger partial charge is 0.481 e. The van der Waals surface area contributed by atoms with E-state index in [1.807, 2.05) is 13.8 Å². The van der Waals surface area contributed by atoms with Crippen LogP contribution in [0.1, 0.15) is 46.0 Å². The second-order valence-corrected chi connectivity index (χ2v) is 5.79. The standard InChI is InChI=1S/C14H25NO5/c1-14(2,7-5-13(17)18)15-12(16)6-9-19-10-11-4-3-8-20-11/h11H,3-10H2,1-2H3,(H,15,16)(H,17,18). The fourth-order valence-corrected chi connectivity index (χ4v) is 2.08. The Hall–Kier alpha value is -1.14. The molecule has 1 aliphatic rings. The van der Waals surface area contributed by atoms with Gasteiger partial charge in [0, 0.05) is 25.0 Å². The first-order chi connectivity index (χ1) is 9.39. The molecule has 1 aliphatic heterocycles. The van der Waals surface area contributed by atoms with Gasteiger partial charge in [0.15, 0.2) is 0 Å². The number of carbonyl (C=O) groups is 2. The molecule has 0 aliphatic carbocycles. The molecule has 0 aromatic heterocycles. The highest BCUT2D eigenvalue weighted by Gasteiger charge is 2.21. The van der Waals surface area contributed by atoms with Gasteiger partial charge in [-0.3, -0.25) is 9.59 Å². The topological polar surface area (TPSA) is 84.9 Å². The van der Waals surface area contributed by atoms with Crippen molar-refractivity contribution < 1.29 is 24.2 Å². The van der Waals surface area contributed by atoms with Gasteiger partial charge in [-0.15, -0.1) is 0 Å². The number of hydrogen-bond donors (Lipinski definition) is 2. The molecule has 0 bridgehead atoms. The van der Waals surface area contributed by atoms with Gasteiger partial charge in [-0.1, -0.05) is 0 Å². The number of carboxylic acids is 1. The highest BCUT2D eigenvalue weighted by Crippen LogP contribution is 2.13. The number of nitrogens with one attached hydrogen (secondary N) is 1. The zero-order chi connectivity index (χ0) is 15.0. The molecule has 1 atom stereocenters. The number of amides is 1. The number of ether oxygens (including phenoxy) is 2. The molecule has 20 heavy (non-hydrogen) atoms. The first-order valence-corrected chi connectivity index (χ1v) is 7.11. The third-order valence-corrected chi connectivity index (χ3v) is 3.24. The van der Waals surface area contributed by atoms with Crippen molar-refractivity contribution in [2.75, 3.05) is 19.8 Å². The van der Waals surface area contributed by atoms with Crippen molar-refractivity contribution in [2.24, 2.45) is 0 Å². The van der Waals surface area contributed by atoms with Crippen LogP contribution in [0.3, 0.4) is 0 Å². The van der Waals surface area contributed by atoms with Crippen LogP contribution in [0, 0.1) is 0 Å². The first-order valence-electron chi connectivity index (χ1n) is 7.11. The van der Waals surface area contributed by atoms with Crippen molar-refractivity contribution in [1.82, 2.24) is 5.32 Å². The van der Waals surface area contributed by atoms with E-state index in [0.717, 1.165) is 19.4 Å². The molecule has 1 rings (SSSR count). The summed E-state index contributed by atoms with van der Waals surface area (Å²) in [4.78, 5) is 22.3. The van der Waals surface area contributed by atoms with E-state index in [9.17, 15) is 9.59 Å². The summed E-state index contributed by atoms with van der Waals surface area (Å²) < 4.78 is 10.8. The van der Waals surface area contributed by atoms with Crippen molar-refractivity contribution in [3.05, 3.63) is 0 Å². The fourth-order valence-electron chi connectivity index (χ4n) is 2.08. The van der Waals surface area contributed by atoms with E-state index in [-0.39, 0.29) is 24.9 Å².